The van der Waals surface area contributed by atoms with Crippen molar-refractivity contribution in [2.75, 3.05) is 13.2 Å². The molecular formula is C17H21N3O3. The van der Waals surface area contributed by atoms with Gasteiger partial charge in [-0.3, -0.25) is 9.89 Å². The largest absolute Gasteiger partial charge is 0.449 e. The van der Waals surface area contributed by atoms with Gasteiger partial charge in [0.1, 0.15) is 0 Å². The van der Waals surface area contributed by atoms with Crippen molar-refractivity contribution in [2.45, 2.75) is 32.7 Å². The molecular weight excluding hydrogens is 294 g/mol. The number of benzene rings is 1. The zero-order chi connectivity index (χ0) is 16.2. The minimum atomic E-state index is -0.337. The molecule has 0 radical (unpaired) electrons. The van der Waals surface area contributed by atoms with E-state index in [9.17, 15) is 9.59 Å². The topological polar surface area (TPSA) is 67.3 Å². The van der Waals surface area contributed by atoms with E-state index in [1.165, 1.54) is 4.68 Å². The predicted molar refractivity (Wildman–Crippen MR) is 86.8 cm³/mol. The Kier molecular flexibility index (Phi) is 4.50. The Labute approximate surface area is 134 Å². The molecule has 0 atom stereocenters. The molecule has 0 fully saturated rings. The maximum absolute atomic E-state index is 12.6. The molecule has 0 saturated heterocycles. The Bertz CT molecular complexity index is 733. The number of unbranched alkanes of at least 4 members (excludes halogenated alkanes) is 1. The van der Waals surface area contributed by atoms with Crippen molar-refractivity contribution < 1.29 is 9.53 Å². The minimum absolute atomic E-state index is 0.0998. The van der Waals surface area contributed by atoms with Gasteiger partial charge in [-0.1, -0.05) is 31.5 Å². The van der Waals surface area contributed by atoms with Gasteiger partial charge in [-0.15, -0.1) is 0 Å². The molecule has 1 aliphatic heterocycles. The summed E-state index contributed by atoms with van der Waals surface area (Å²) in [6, 6.07) is 9.43. The fraction of sp³-hybridized carbons (Fsp3) is 0.412. The van der Waals surface area contributed by atoms with Crippen LogP contribution in [0.25, 0.3) is 5.69 Å². The number of carbonyl (C=O) groups is 1. The van der Waals surface area contributed by atoms with E-state index in [4.69, 9.17) is 4.74 Å². The van der Waals surface area contributed by atoms with E-state index in [0.717, 1.165) is 24.2 Å². The van der Waals surface area contributed by atoms with Crippen molar-refractivity contribution in [3.63, 3.8) is 0 Å². The number of hydrogen-bond donors (Lipinski definition) is 1. The normalized spacial score (nSPS) is 13.7. The van der Waals surface area contributed by atoms with Gasteiger partial charge in [0.2, 0.25) is 0 Å². The molecule has 0 saturated carbocycles. The Balaban J connectivity index is 1.78. The van der Waals surface area contributed by atoms with E-state index in [2.05, 4.69) is 5.10 Å². The first-order valence-corrected chi connectivity index (χ1v) is 8.00. The molecule has 6 heteroatoms. The molecule has 0 unspecified atom stereocenters. The zero-order valence-electron chi connectivity index (χ0n) is 13.2. The molecule has 2 heterocycles. The van der Waals surface area contributed by atoms with E-state index in [1.54, 1.807) is 4.90 Å². The van der Waals surface area contributed by atoms with E-state index in [0.29, 0.717) is 31.7 Å². The molecule has 6 nitrogen and oxygen atoms in total. The van der Waals surface area contributed by atoms with Gasteiger partial charge in [0.15, 0.2) is 0 Å². The zero-order valence-corrected chi connectivity index (χ0v) is 13.2. The number of amides is 1. The van der Waals surface area contributed by atoms with Gasteiger partial charge in [-0.05, 0) is 18.6 Å². The minimum Gasteiger partial charge on any atom is -0.449 e. The second-order valence-electron chi connectivity index (χ2n) is 5.68. The average molecular weight is 315 g/mol. The molecule has 0 spiro atoms. The van der Waals surface area contributed by atoms with Crippen LogP contribution in [0.2, 0.25) is 0 Å². The fourth-order valence-electron chi connectivity index (χ4n) is 2.71. The fourth-order valence-corrected chi connectivity index (χ4v) is 2.71. The quantitative estimate of drug-likeness (QED) is 0.881. The summed E-state index contributed by atoms with van der Waals surface area (Å²) in [4.78, 5) is 26.3. The van der Waals surface area contributed by atoms with E-state index >= 15 is 0 Å². The van der Waals surface area contributed by atoms with Crippen molar-refractivity contribution in [2.24, 2.45) is 0 Å². The van der Waals surface area contributed by atoms with Gasteiger partial charge in [0, 0.05) is 18.7 Å². The Morgan fingerprint density at radius 2 is 2.09 bits per heavy atom. The van der Waals surface area contributed by atoms with Gasteiger partial charge in [0.25, 0.3) is 5.56 Å². The van der Waals surface area contributed by atoms with Gasteiger partial charge < -0.3 is 9.64 Å². The summed E-state index contributed by atoms with van der Waals surface area (Å²) in [5.74, 6) is 0. The van der Waals surface area contributed by atoms with Crippen LogP contribution >= 0.6 is 0 Å². The number of carbonyl (C=O) groups excluding carboxylic acids is 1. The number of para-hydroxylation sites is 1. The highest BCUT2D eigenvalue weighted by Crippen LogP contribution is 2.16. The van der Waals surface area contributed by atoms with E-state index in [-0.39, 0.29) is 11.7 Å². The van der Waals surface area contributed by atoms with Crippen molar-refractivity contribution in [3.8, 4) is 5.69 Å². The number of fused-ring (bicyclic) bond motifs is 1. The van der Waals surface area contributed by atoms with E-state index < -0.39 is 0 Å². The summed E-state index contributed by atoms with van der Waals surface area (Å²) < 4.78 is 6.77. The second kappa shape index (κ2) is 6.73. The lowest BCUT2D eigenvalue weighted by molar-refractivity contribution is 0.0964. The molecule has 23 heavy (non-hydrogen) atoms. The molecule has 3 rings (SSSR count). The van der Waals surface area contributed by atoms with Crippen LogP contribution in [-0.2, 0) is 17.7 Å². The molecule has 1 amide bonds. The Hall–Kier alpha value is -2.50. The Morgan fingerprint density at radius 3 is 2.83 bits per heavy atom. The third-order valence-electron chi connectivity index (χ3n) is 4.05. The number of hydrogen-bond acceptors (Lipinski definition) is 3. The molecule has 2 aromatic rings. The summed E-state index contributed by atoms with van der Waals surface area (Å²) in [5.41, 5.74) is 2.24. The third kappa shape index (κ3) is 3.16. The van der Waals surface area contributed by atoms with Crippen LogP contribution in [0.5, 0.6) is 0 Å². The molecule has 1 aromatic heterocycles. The Morgan fingerprint density at radius 1 is 1.30 bits per heavy atom. The number of ether oxygens (including phenoxy) is 1. The summed E-state index contributed by atoms with van der Waals surface area (Å²) in [7, 11) is 0. The third-order valence-corrected chi connectivity index (χ3v) is 4.05. The SMILES string of the molecule is CCCCOC(=O)N1CCc2[nH]n(-c3ccccc3)c(=O)c2C1. The first kappa shape index (κ1) is 15.4. The van der Waals surface area contributed by atoms with Crippen LogP contribution in [0, 0.1) is 0 Å². The summed E-state index contributed by atoms with van der Waals surface area (Å²) >= 11 is 0. The van der Waals surface area contributed by atoms with Crippen LogP contribution in [0.3, 0.4) is 0 Å². The molecule has 1 aliphatic rings. The van der Waals surface area contributed by atoms with Crippen molar-refractivity contribution in [1.29, 1.82) is 0 Å². The number of aromatic nitrogens is 2. The van der Waals surface area contributed by atoms with Gasteiger partial charge in [-0.2, -0.15) is 0 Å². The molecule has 0 bridgehead atoms. The molecule has 0 aliphatic carbocycles. The van der Waals surface area contributed by atoms with Gasteiger partial charge >= 0.3 is 6.09 Å². The van der Waals surface area contributed by atoms with Crippen LogP contribution in [0.4, 0.5) is 4.79 Å². The highest BCUT2D eigenvalue weighted by Gasteiger charge is 2.26. The van der Waals surface area contributed by atoms with Crippen LogP contribution < -0.4 is 5.56 Å². The predicted octanol–water partition coefficient (Wildman–Crippen LogP) is 2.46. The molecule has 1 aromatic carbocycles. The van der Waals surface area contributed by atoms with Crippen molar-refractivity contribution in [3.05, 3.63) is 51.9 Å². The monoisotopic (exact) mass is 315 g/mol. The van der Waals surface area contributed by atoms with Crippen LogP contribution in [-0.4, -0.2) is 33.9 Å². The van der Waals surface area contributed by atoms with E-state index in [1.807, 2.05) is 37.3 Å². The number of nitrogens with zero attached hydrogens (tertiary/aromatic N) is 2. The summed E-state index contributed by atoms with van der Waals surface area (Å²) in [6.45, 7) is 3.34. The van der Waals surface area contributed by atoms with Crippen molar-refractivity contribution in [1.82, 2.24) is 14.7 Å². The number of nitrogens with one attached hydrogen (secondary N) is 1. The highest BCUT2D eigenvalue weighted by molar-refractivity contribution is 5.68. The van der Waals surface area contributed by atoms with Crippen molar-refractivity contribution >= 4 is 6.09 Å². The number of H-pyrrole nitrogens is 1. The maximum Gasteiger partial charge on any atom is 0.410 e. The van der Waals surface area contributed by atoms with Gasteiger partial charge in [-0.25, -0.2) is 9.48 Å². The van der Waals surface area contributed by atoms with Crippen LogP contribution in [0.1, 0.15) is 31.0 Å². The highest BCUT2D eigenvalue weighted by atomic mass is 16.6. The molecule has 1 N–H and O–H groups in total. The second-order valence-corrected chi connectivity index (χ2v) is 5.68. The summed E-state index contributed by atoms with van der Waals surface area (Å²) in [6.07, 6.45) is 2.14. The first-order chi connectivity index (χ1) is 11.2. The average Bonchev–Trinajstić information content (AvgIpc) is 2.92. The maximum atomic E-state index is 12.6. The number of rotatable bonds is 4. The molecule has 122 valence electrons. The first-order valence-electron chi connectivity index (χ1n) is 8.00. The number of aromatic amines is 1. The smallest absolute Gasteiger partial charge is 0.410 e. The van der Waals surface area contributed by atoms with Gasteiger partial charge in [0.05, 0.1) is 24.4 Å². The standard InChI is InChI=1S/C17H21N3O3/c1-2-3-11-23-17(22)19-10-9-15-14(12-19)16(21)20(18-15)13-7-5-4-6-8-13/h4-8,18H,2-3,9-12H2,1H3. The lowest BCUT2D eigenvalue weighted by atomic mass is 10.1. The van der Waals surface area contributed by atoms with Crippen LogP contribution in [0.15, 0.2) is 35.1 Å². The summed E-state index contributed by atoms with van der Waals surface area (Å²) in [5, 5.41) is 3.16. The lowest BCUT2D eigenvalue weighted by Gasteiger charge is -2.25. The lowest BCUT2D eigenvalue weighted by Crippen LogP contribution is -2.38.